The second-order valence-corrected chi connectivity index (χ2v) is 6.17. The van der Waals surface area contributed by atoms with Crippen LogP contribution in [0.25, 0.3) is 22.2 Å². The van der Waals surface area contributed by atoms with E-state index in [1.165, 1.54) is 0 Å². The van der Waals surface area contributed by atoms with E-state index in [1.54, 1.807) is 11.8 Å². The molecule has 0 saturated carbocycles. The predicted molar refractivity (Wildman–Crippen MR) is 99.7 cm³/mol. The number of halogens is 1. The van der Waals surface area contributed by atoms with Gasteiger partial charge in [0, 0.05) is 36.2 Å². The third-order valence-corrected chi connectivity index (χ3v) is 4.14. The number of carbonyl (C=O) groups is 1. The number of methoxy groups -OCH3 is 1. The van der Waals surface area contributed by atoms with Gasteiger partial charge in [0.2, 0.25) is 5.91 Å². The van der Waals surface area contributed by atoms with Crippen LogP contribution in [0.3, 0.4) is 0 Å². The Bertz CT molecular complexity index is 862. The fourth-order valence-electron chi connectivity index (χ4n) is 2.72. The molecular weight excluding hydrogens is 338 g/mol. The molecule has 0 atom stereocenters. The van der Waals surface area contributed by atoms with E-state index in [2.05, 4.69) is 10.4 Å². The Kier molecular flexibility index (Phi) is 5.68. The average Bonchev–Trinajstić information content (AvgIpc) is 2.97. The van der Waals surface area contributed by atoms with Crippen LogP contribution < -0.4 is 5.32 Å². The standard InChI is InChI=1S/C19H20ClN3O2/c1-25-11-5-10-21-18(24)13-23-17-9-8-15(20)12-16(17)19(22-23)14-6-3-2-4-7-14/h2-4,6-9,12H,5,10-11,13H2,1H3,(H,21,24). The molecule has 0 unspecified atom stereocenters. The average molecular weight is 358 g/mol. The maximum atomic E-state index is 12.2. The first-order chi connectivity index (χ1) is 12.2. The van der Waals surface area contributed by atoms with E-state index in [0.717, 1.165) is 28.6 Å². The third kappa shape index (κ3) is 4.18. The lowest BCUT2D eigenvalue weighted by atomic mass is 10.1. The number of ether oxygens (including phenoxy) is 1. The van der Waals surface area contributed by atoms with E-state index in [9.17, 15) is 4.79 Å². The summed E-state index contributed by atoms with van der Waals surface area (Å²) >= 11 is 6.16. The van der Waals surface area contributed by atoms with Crippen LogP contribution >= 0.6 is 11.6 Å². The first-order valence-corrected chi connectivity index (χ1v) is 8.54. The van der Waals surface area contributed by atoms with Gasteiger partial charge < -0.3 is 10.1 Å². The summed E-state index contributed by atoms with van der Waals surface area (Å²) in [6.45, 7) is 1.38. The van der Waals surface area contributed by atoms with Gasteiger partial charge >= 0.3 is 0 Å². The third-order valence-electron chi connectivity index (χ3n) is 3.90. The van der Waals surface area contributed by atoms with E-state index in [-0.39, 0.29) is 12.5 Å². The fraction of sp³-hybridized carbons (Fsp3) is 0.263. The van der Waals surface area contributed by atoms with Crippen LogP contribution in [-0.4, -0.2) is 35.9 Å². The molecule has 0 radical (unpaired) electrons. The maximum Gasteiger partial charge on any atom is 0.241 e. The highest BCUT2D eigenvalue weighted by Gasteiger charge is 2.14. The van der Waals surface area contributed by atoms with Crippen molar-refractivity contribution in [3.63, 3.8) is 0 Å². The van der Waals surface area contributed by atoms with Crippen LogP contribution in [0, 0.1) is 0 Å². The lowest BCUT2D eigenvalue weighted by Crippen LogP contribution is -2.29. The Morgan fingerprint density at radius 3 is 2.80 bits per heavy atom. The number of hydrogen-bond donors (Lipinski definition) is 1. The second kappa shape index (κ2) is 8.14. The first kappa shape index (κ1) is 17.5. The van der Waals surface area contributed by atoms with Crippen molar-refractivity contribution in [1.29, 1.82) is 0 Å². The summed E-state index contributed by atoms with van der Waals surface area (Å²) in [5.41, 5.74) is 2.70. The molecule has 2 aromatic carbocycles. The molecule has 130 valence electrons. The molecule has 0 aliphatic carbocycles. The highest BCUT2D eigenvalue weighted by atomic mass is 35.5. The van der Waals surface area contributed by atoms with Crippen molar-refractivity contribution in [2.24, 2.45) is 0 Å². The minimum Gasteiger partial charge on any atom is -0.385 e. The summed E-state index contributed by atoms with van der Waals surface area (Å²) in [6.07, 6.45) is 0.785. The molecule has 3 rings (SSSR count). The molecule has 3 aromatic rings. The molecule has 0 aliphatic heterocycles. The number of aromatic nitrogens is 2. The van der Waals surface area contributed by atoms with Crippen LogP contribution in [0.5, 0.6) is 0 Å². The van der Waals surface area contributed by atoms with Gasteiger partial charge in [-0.2, -0.15) is 5.10 Å². The Labute approximate surface area is 151 Å². The van der Waals surface area contributed by atoms with Crippen LogP contribution in [0.15, 0.2) is 48.5 Å². The van der Waals surface area contributed by atoms with E-state index >= 15 is 0 Å². The van der Waals surface area contributed by atoms with Crippen molar-refractivity contribution >= 4 is 28.4 Å². The summed E-state index contributed by atoms with van der Waals surface area (Å²) in [6, 6.07) is 15.5. The summed E-state index contributed by atoms with van der Waals surface area (Å²) in [4.78, 5) is 12.2. The second-order valence-electron chi connectivity index (χ2n) is 5.73. The molecule has 0 aliphatic rings. The van der Waals surface area contributed by atoms with Gasteiger partial charge in [-0.3, -0.25) is 9.48 Å². The summed E-state index contributed by atoms with van der Waals surface area (Å²) < 4.78 is 6.70. The van der Waals surface area contributed by atoms with Crippen molar-refractivity contribution in [2.45, 2.75) is 13.0 Å². The number of rotatable bonds is 7. The molecule has 0 saturated heterocycles. The molecule has 0 fully saturated rings. The molecule has 1 heterocycles. The summed E-state index contributed by atoms with van der Waals surface area (Å²) in [7, 11) is 1.65. The Hall–Kier alpha value is -2.37. The number of nitrogens with one attached hydrogen (secondary N) is 1. The molecule has 6 heteroatoms. The van der Waals surface area contributed by atoms with Crippen LogP contribution in [0.4, 0.5) is 0 Å². The first-order valence-electron chi connectivity index (χ1n) is 8.16. The van der Waals surface area contributed by atoms with Gasteiger partial charge in [0.1, 0.15) is 12.2 Å². The number of benzene rings is 2. The van der Waals surface area contributed by atoms with Gasteiger partial charge in [-0.25, -0.2) is 0 Å². The lowest BCUT2D eigenvalue weighted by Gasteiger charge is -2.06. The highest BCUT2D eigenvalue weighted by molar-refractivity contribution is 6.31. The van der Waals surface area contributed by atoms with Gasteiger partial charge in [0.15, 0.2) is 0 Å². The lowest BCUT2D eigenvalue weighted by molar-refractivity contribution is -0.121. The smallest absolute Gasteiger partial charge is 0.241 e. The molecule has 1 amide bonds. The van der Waals surface area contributed by atoms with Crippen molar-refractivity contribution in [3.05, 3.63) is 53.6 Å². The normalized spacial score (nSPS) is 11.0. The minimum absolute atomic E-state index is 0.0740. The van der Waals surface area contributed by atoms with Crippen LogP contribution in [0.1, 0.15) is 6.42 Å². The van der Waals surface area contributed by atoms with E-state index < -0.39 is 0 Å². The number of carbonyl (C=O) groups excluding carboxylic acids is 1. The maximum absolute atomic E-state index is 12.2. The van der Waals surface area contributed by atoms with Crippen LogP contribution in [0.2, 0.25) is 5.02 Å². The van der Waals surface area contributed by atoms with E-state index in [1.807, 2.05) is 48.5 Å². The quantitative estimate of drug-likeness (QED) is 0.658. The number of amides is 1. The SMILES string of the molecule is COCCCNC(=O)Cn1nc(-c2ccccc2)c2cc(Cl)ccc21. The predicted octanol–water partition coefficient (Wildman–Crippen LogP) is 3.51. The topological polar surface area (TPSA) is 56.1 Å². The van der Waals surface area contributed by atoms with E-state index in [0.29, 0.717) is 18.2 Å². The number of hydrogen-bond acceptors (Lipinski definition) is 3. The van der Waals surface area contributed by atoms with Gasteiger partial charge in [-0.15, -0.1) is 0 Å². The van der Waals surface area contributed by atoms with Gasteiger partial charge in [0.05, 0.1) is 5.52 Å². The zero-order chi connectivity index (χ0) is 17.6. The monoisotopic (exact) mass is 357 g/mol. The molecule has 25 heavy (non-hydrogen) atoms. The summed E-state index contributed by atoms with van der Waals surface area (Å²) in [5, 5.41) is 9.13. The molecule has 1 N–H and O–H groups in total. The minimum atomic E-state index is -0.0740. The Morgan fingerprint density at radius 2 is 2.04 bits per heavy atom. The largest absolute Gasteiger partial charge is 0.385 e. The summed E-state index contributed by atoms with van der Waals surface area (Å²) in [5.74, 6) is -0.0740. The van der Waals surface area contributed by atoms with Gasteiger partial charge in [0.25, 0.3) is 0 Å². The van der Waals surface area contributed by atoms with E-state index in [4.69, 9.17) is 16.3 Å². The Morgan fingerprint density at radius 1 is 1.24 bits per heavy atom. The van der Waals surface area contributed by atoms with Crippen molar-refractivity contribution in [1.82, 2.24) is 15.1 Å². The zero-order valence-electron chi connectivity index (χ0n) is 14.0. The van der Waals surface area contributed by atoms with Gasteiger partial charge in [-0.1, -0.05) is 41.9 Å². The van der Waals surface area contributed by atoms with Crippen LogP contribution in [-0.2, 0) is 16.1 Å². The molecule has 0 bridgehead atoms. The zero-order valence-corrected chi connectivity index (χ0v) is 14.8. The van der Waals surface area contributed by atoms with Crippen molar-refractivity contribution in [3.8, 4) is 11.3 Å². The molecule has 5 nitrogen and oxygen atoms in total. The molecular formula is C19H20ClN3O2. The number of nitrogens with zero attached hydrogens (tertiary/aromatic N) is 2. The van der Waals surface area contributed by atoms with Crippen molar-refractivity contribution < 1.29 is 9.53 Å². The molecule has 0 spiro atoms. The molecule has 1 aromatic heterocycles. The Balaban J connectivity index is 1.87. The number of fused-ring (bicyclic) bond motifs is 1. The fourth-order valence-corrected chi connectivity index (χ4v) is 2.89. The van der Waals surface area contributed by atoms with Crippen molar-refractivity contribution in [2.75, 3.05) is 20.3 Å². The van der Waals surface area contributed by atoms with Gasteiger partial charge in [-0.05, 0) is 24.6 Å². The highest BCUT2D eigenvalue weighted by Crippen LogP contribution is 2.29.